The Bertz CT molecular complexity index is 1030. The monoisotopic (exact) mass is 411 g/mol. The molecule has 3 heterocycles. The van der Waals surface area contributed by atoms with Crippen molar-refractivity contribution in [2.75, 3.05) is 6.61 Å². The number of ether oxygens (including phenoxy) is 1. The van der Waals surface area contributed by atoms with Gasteiger partial charge in [-0.15, -0.1) is 11.3 Å². The van der Waals surface area contributed by atoms with E-state index < -0.39 is 5.97 Å². The number of aryl methyl sites for hydroxylation is 1. The molecule has 0 aliphatic carbocycles. The number of amides is 1. The van der Waals surface area contributed by atoms with Crippen LogP contribution in [0.4, 0.5) is 0 Å². The third-order valence-corrected chi connectivity index (χ3v) is 6.65. The van der Waals surface area contributed by atoms with Gasteiger partial charge in [-0.05, 0) is 58.2 Å². The largest absolute Gasteiger partial charge is 0.451 e. The predicted octanol–water partition coefficient (Wildman–Crippen LogP) is 4.34. The van der Waals surface area contributed by atoms with Crippen LogP contribution in [0.2, 0.25) is 0 Å². The molecule has 1 saturated heterocycles. The van der Waals surface area contributed by atoms with Gasteiger partial charge >= 0.3 is 5.97 Å². The van der Waals surface area contributed by atoms with E-state index in [1.54, 1.807) is 6.07 Å². The summed E-state index contributed by atoms with van der Waals surface area (Å²) in [6.45, 7) is 5.82. The summed E-state index contributed by atoms with van der Waals surface area (Å²) in [4.78, 5) is 28.5. The number of para-hydroxylation sites is 1. The van der Waals surface area contributed by atoms with E-state index in [9.17, 15) is 9.59 Å². The van der Waals surface area contributed by atoms with Crippen LogP contribution in [0.15, 0.2) is 36.4 Å². The first kappa shape index (κ1) is 19.6. The van der Waals surface area contributed by atoms with Gasteiger partial charge in [-0.2, -0.15) is 5.10 Å². The van der Waals surface area contributed by atoms with Crippen LogP contribution in [-0.2, 0) is 9.53 Å². The van der Waals surface area contributed by atoms with Crippen molar-refractivity contribution >= 4 is 33.4 Å². The molecule has 3 aromatic rings. The maximum atomic E-state index is 12.6. The van der Waals surface area contributed by atoms with Gasteiger partial charge in [0.1, 0.15) is 9.71 Å². The van der Waals surface area contributed by atoms with Crippen LogP contribution in [0.3, 0.4) is 0 Å². The number of rotatable bonds is 4. The minimum atomic E-state index is -0.462. The lowest BCUT2D eigenvalue weighted by Crippen LogP contribution is -2.49. The number of carbonyl (C=O) groups excluding carboxylic acids is 2. The van der Waals surface area contributed by atoms with Crippen molar-refractivity contribution in [1.82, 2.24) is 14.7 Å². The number of aromatic nitrogens is 2. The Morgan fingerprint density at radius 2 is 1.86 bits per heavy atom. The third-order valence-electron chi connectivity index (χ3n) is 5.55. The zero-order valence-electron chi connectivity index (χ0n) is 16.9. The number of likely N-dealkylation sites (tertiary alicyclic amines) is 1. The summed E-state index contributed by atoms with van der Waals surface area (Å²) in [5, 5.41) is 5.51. The molecule has 0 bridgehead atoms. The van der Waals surface area contributed by atoms with E-state index in [1.807, 2.05) is 46.8 Å². The van der Waals surface area contributed by atoms with E-state index >= 15 is 0 Å². The van der Waals surface area contributed by atoms with Crippen molar-refractivity contribution in [3.8, 4) is 5.69 Å². The molecule has 4 rings (SSSR count). The van der Waals surface area contributed by atoms with Gasteiger partial charge in [-0.1, -0.05) is 18.2 Å². The molecule has 2 atom stereocenters. The summed E-state index contributed by atoms with van der Waals surface area (Å²) in [7, 11) is 0. The number of nitrogens with zero attached hydrogens (tertiary/aromatic N) is 3. The lowest BCUT2D eigenvalue weighted by Gasteiger charge is -2.38. The lowest BCUT2D eigenvalue weighted by molar-refractivity contribution is -0.140. The molecule has 6 nitrogen and oxygen atoms in total. The fourth-order valence-electron chi connectivity index (χ4n) is 4.08. The van der Waals surface area contributed by atoms with Crippen molar-refractivity contribution in [1.29, 1.82) is 0 Å². The second kappa shape index (κ2) is 7.99. The maximum absolute atomic E-state index is 12.6. The van der Waals surface area contributed by atoms with E-state index in [0.717, 1.165) is 40.9 Å². The molecule has 2 unspecified atom stereocenters. The van der Waals surface area contributed by atoms with Crippen LogP contribution in [-0.4, -0.2) is 45.2 Å². The highest BCUT2D eigenvalue weighted by Gasteiger charge is 2.29. The molecule has 7 heteroatoms. The molecule has 0 N–H and O–H groups in total. The lowest BCUT2D eigenvalue weighted by atomic mass is 9.97. The molecule has 1 aliphatic rings. The van der Waals surface area contributed by atoms with Gasteiger partial charge in [0.05, 0.1) is 11.4 Å². The van der Waals surface area contributed by atoms with E-state index in [-0.39, 0.29) is 24.6 Å². The molecule has 0 saturated carbocycles. The van der Waals surface area contributed by atoms with E-state index in [0.29, 0.717) is 4.88 Å². The van der Waals surface area contributed by atoms with Gasteiger partial charge in [-0.3, -0.25) is 4.79 Å². The minimum absolute atomic E-state index is 0.120. The van der Waals surface area contributed by atoms with Crippen molar-refractivity contribution in [2.24, 2.45) is 0 Å². The number of fused-ring (bicyclic) bond motifs is 1. The summed E-state index contributed by atoms with van der Waals surface area (Å²) in [5.74, 6) is -0.582. The normalized spacial score (nSPS) is 19.5. The van der Waals surface area contributed by atoms with E-state index in [2.05, 4.69) is 18.9 Å². The summed E-state index contributed by atoms with van der Waals surface area (Å²) >= 11 is 1.34. The van der Waals surface area contributed by atoms with Crippen LogP contribution >= 0.6 is 11.3 Å². The molecule has 29 heavy (non-hydrogen) atoms. The number of thiophene rings is 1. The Morgan fingerprint density at radius 1 is 1.17 bits per heavy atom. The number of hydrogen-bond donors (Lipinski definition) is 0. The van der Waals surface area contributed by atoms with Crippen LogP contribution in [0, 0.1) is 6.92 Å². The summed E-state index contributed by atoms with van der Waals surface area (Å²) in [6, 6.07) is 12.0. The first-order valence-electron chi connectivity index (χ1n) is 9.98. The molecule has 1 amide bonds. The second-order valence-corrected chi connectivity index (χ2v) is 8.70. The topological polar surface area (TPSA) is 64.4 Å². The quantitative estimate of drug-likeness (QED) is 0.599. The molecular formula is C22H25N3O3S. The zero-order chi connectivity index (χ0) is 20.5. The molecule has 1 fully saturated rings. The smallest absolute Gasteiger partial charge is 0.348 e. The van der Waals surface area contributed by atoms with Crippen LogP contribution < -0.4 is 0 Å². The standard InChI is InChI=1S/C22H25N3O3S/c1-14-8-7-9-15(2)24(14)20(26)13-28-22(27)19-12-18-16(3)23-25(21(18)29-19)17-10-5-4-6-11-17/h4-6,10-12,14-15H,7-9,13H2,1-3H3. The number of benzene rings is 1. The number of piperidine rings is 1. The van der Waals surface area contributed by atoms with Gasteiger partial charge < -0.3 is 9.64 Å². The molecule has 0 radical (unpaired) electrons. The van der Waals surface area contributed by atoms with Gasteiger partial charge in [0.25, 0.3) is 5.91 Å². The predicted molar refractivity (Wildman–Crippen MR) is 114 cm³/mol. The van der Waals surface area contributed by atoms with Crippen molar-refractivity contribution in [2.45, 2.75) is 52.1 Å². The summed E-state index contributed by atoms with van der Waals surface area (Å²) in [5.41, 5.74) is 1.79. The fourth-order valence-corrected chi connectivity index (χ4v) is 5.15. The second-order valence-electron chi connectivity index (χ2n) is 7.67. The molecular weight excluding hydrogens is 386 g/mol. The van der Waals surface area contributed by atoms with Crippen LogP contribution in [0.1, 0.15) is 48.5 Å². The first-order valence-corrected chi connectivity index (χ1v) is 10.8. The van der Waals surface area contributed by atoms with Crippen molar-refractivity contribution in [3.05, 3.63) is 47.0 Å². The van der Waals surface area contributed by atoms with E-state index in [1.165, 1.54) is 11.3 Å². The zero-order valence-corrected chi connectivity index (χ0v) is 17.7. The van der Waals surface area contributed by atoms with Crippen molar-refractivity contribution < 1.29 is 14.3 Å². The number of esters is 1. The highest BCUT2D eigenvalue weighted by Crippen LogP contribution is 2.31. The fraction of sp³-hybridized carbons (Fsp3) is 0.409. The Kier molecular flexibility index (Phi) is 5.41. The highest BCUT2D eigenvalue weighted by atomic mass is 32.1. The maximum Gasteiger partial charge on any atom is 0.348 e. The van der Waals surface area contributed by atoms with Gasteiger partial charge in [0.15, 0.2) is 6.61 Å². The summed E-state index contributed by atoms with van der Waals surface area (Å²) in [6.07, 6.45) is 3.12. The number of hydrogen-bond acceptors (Lipinski definition) is 5. The van der Waals surface area contributed by atoms with Gasteiger partial charge in [-0.25, -0.2) is 9.48 Å². The first-order chi connectivity index (χ1) is 14.0. The molecule has 1 aliphatic heterocycles. The van der Waals surface area contributed by atoms with Crippen LogP contribution in [0.5, 0.6) is 0 Å². The Balaban J connectivity index is 1.50. The average Bonchev–Trinajstić information content (AvgIpc) is 3.27. The van der Waals surface area contributed by atoms with Crippen LogP contribution in [0.25, 0.3) is 15.9 Å². The SMILES string of the molecule is Cc1nn(-c2ccccc2)c2sc(C(=O)OCC(=O)N3C(C)CCCC3C)cc12. The van der Waals surface area contributed by atoms with Crippen molar-refractivity contribution in [3.63, 3.8) is 0 Å². The summed E-state index contributed by atoms with van der Waals surface area (Å²) < 4.78 is 7.22. The highest BCUT2D eigenvalue weighted by molar-refractivity contribution is 7.20. The third kappa shape index (κ3) is 3.79. The Labute approximate surface area is 174 Å². The number of carbonyl (C=O) groups is 2. The van der Waals surface area contributed by atoms with Gasteiger partial charge in [0, 0.05) is 17.5 Å². The molecule has 2 aromatic heterocycles. The molecule has 0 spiro atoms. The molecule has 1 aromatic carbocycles. The Hall–Kier alpha value is -2.67. The Morgan fingerprint density at radius 3 is 2.55 bits per heavy atom. The average molecular weight is 412 g/mol. The van der Waals surface area contributed by atoms with Gasteiger partial charge in [0.2, 0.25) is 0 Å². The van der Waals surface area contributed by atoms with E-state index in [4.69, 9.17) is 4.74 Å². The molecule has 152 valence electrons. The minimum Gasteiger partial charge on any atom is -0.451 e.